The molecule has 0 fully saturated rings. The van der Waals surface area contributed by atoms with Crippen LogP contribution in [0, 0.1) is 5.41 Å². The number of carbonyl (C=O) groups is 1. The molecule has 0 radical (unpaired) electrons. The zero-order chi connectivity index (χ0) is 16.3. The Hall–Kier alpha value is -1.24. The second-order valence-corrected chi connectivity index (χ2v) is 8.07. The highest BCUT2D eigenvalue weighted by atomic mass is 32.2. The van der Waals surface area contributed by atoms with Gasteiger partial charge >= 0.3 is 0 Å². The summed E-state index contributed by atoms with van der Waals surface area (Å²) >= 11 is 0. The molecule has 0 spiro atoms. The minimum Gasteiger partial charge on any atom is -0.309 e. The van der Waals surface area contributed by atoms with E-state index in [0.29, 0.717) is 12.1 Å². The van der Waals surface area contributed by atoms with E-state index in [-0.39, 0.29) is 16.1 Å². The summed E-state index contributed by atoms with van der Waals surface area (Å²) in [7, 11) is 0.359. The maximum Gasteiger partial charge on any atom is 0.240 e. The van der Waals surface area contributed by atoms with Crippen LogP contribution in [0.3, 0.4) is 0 Å². The fraction of sp³-hybridized carbons (Fsp3) is 0.533. The number of benzene rings is 1. The molecule has 0 atom stereocenters. The third-order valence-corrected chi connectivity index (χ3v) is 4.47. The summed E-state index contributed by atoms with van der Waals surface area (Å²) in [4.78, 5) is 13.4. The Kier molecular flexibility index (Phi) is 5.67. The highest BCUT2D eigenvalue weighted by Gasteiger charge is 2.23. The fourth-order valence-electron chi connectivity index (χ4n) is 2.15. The van der Waals surface area contributed by atoms with Gasteiger partial charge in [0.05, 0.1) is 4.90 Å². The molecular weight excluding hydrogens is 288 g/mol. The molecule has 6 heteroatoms. The van der Waals surface area contributed by atoms with Crippen molar-refractivity contribution in [1.82, 2.24) is 9.62 Å². The molecule has 0 saturated heterocycles. The minimum absolute atomic E-state index is 0.0842. The molecule has 0 heterocycles. The number of sulfonamides is 1. The first-order chi connectivity index (χ1) is 9.53. The summed E-state index contributed by atoms with van der Waals surface area (Å²) < 4.78 is 27.1. The van der Waals surface area contributed by atoms with Crippen LogP contribution in [0.25, 0.3) is 0 Å². The monoisotopic (exact) mass is 312 g/mol. The van der Waals surface area contributed by atoms with Crippen molar-refractivity contribution in [3.05, 3.63) is 29.8 Å². The van der Waals surface area contributed by atoms with Crippen molar-refractivity contribution in [2.75, 3.05) is 27.2 Å². The number of hydrogen-bond donors (Lipinski definition) is 1. The lowest BCUT2D eigenvalue weighted by Crippen LogP contribution is -2.39. The highest BCUT2D eigenvalue weighted by Crippen LogP contribution is 2.17. The smallest absolute Gasteiger partial charge is 0.240 e. The minimum atomic E-state index is -3.55. The first-order valence-corrected chi connectivity index (χ1v) is 8.27. The summed E-state index contributed by atoms with van der Waals surface area (Å²) in [5, 5.41) is 0. The normalized spacial score (nSPS) is 12.7. The molecule has 1 aromatic rings. The van der Waals surface area contributed by atoms with Crippen LogP contribution in [0.15, 0.2) is 29.2 Å². The predicted molar refractivity (Wildman–Crippen MR) is 84.0 cm³/mol. The topological polar surface area (TPSA) is 66.5 Å². The summed E-state index contributed by atoms with van der Waals surface area (Å²) in [6.07, 6.45) is 0. The van der Waals surface area contributed by atoms with Crippen molar-refractivity contribution in [3.8, 4) is 0 Å². The maximum absolute atomic E-state index is 12.2. The van der Waals surface area contributed by atoms with E-state index in [0.717, 1.165) is 6.54 Å². The Morgan fingerprint density at radius 2 is 1.71 bits per heavy atom. The molecular formula is C15H24N2O3S. The first-order valence-electron chi connectivity index (χ1n) is 6.79. The molecule has 0 unspecified atom stereocenters. The van der Waals surface area contributed by atoms with Crippen molar-refractivity contribution in [1.29, 1.82) is 0 Å². The molecule has 1 N–H and O–H groups in total. The quantitative estimate of drug-likeness (QED) is 0.779. The van der Waals surface area contributed by atoms with Gasteiger partial charge in [0.15, 0.2) is 5.78 Å². The molecule has 1 rings (SSSR count). The average molecular weight is 312 g/mol. The van der Waals surface area contributed by atoms with Crippen LogP contribution in [0.2, 0.25) is 0 Å². The van der Waals surface area contributed by atoms with Gasteiger partial charge < -0.3 is 4.90 Å². The Morgan fingerprint density at radius 1 is 1.19 bits per heavy atom. The molecule has 0 saturated carbocycles. The van der Waals surface area contributed by atoms with Gasteiger partial charge in [-0.2, -0.15) is 0 Å². The molecule has 0 aliphatic carbocycles. The van der Waals surface area contributed by atoms with Gasteiger partial charge in [-0.3, -0.25) is 4.79 Å². The van der Waals surface area contributed by atoms with E-state index in [2.05, 4.69) is 4.72 Å². The number of carbonyl (C=O) groups excluding carboxylic acids is 1. The van der Waals surface area contributed by atoms with Gasteiger partial charge in [-0.1, -0.05) is 26.0 Å². The maximum atomic E-state index is 12.2. The SMILES string of the molecule is CC(=O)c1ccc(S(=O)(=O)NCC(C)(C)CN(C)C)cc1. The van der Waals surface area contributed by atoms with E-state index < -0.39 is 10.0 Å². The van der Waals surface area contributed by atoms with Crippen LogP contribution in [0.5, 0.6) is 0 Å². The largest absolute Gasteiger partial charge is 0.309 e. The molecule has 5 nitrogen and oxygen atoms in total. The van der Waals surface area contributed by atoms with Crippen LogP contribution in [0.4, 0.5) is 0 Å². The summed E-state index contributed by atoms with van der Waals surface area (Å²) in [5.74, 6) is -0.0842. The Labute approximate surface area is 127 Å². The Bertz CT molecular complexity index is 590. The van der Waals surface area contributed by atoms with Crippen molar-refractivity contribution < 1.29 is 13.2 Å². The van der Waals surface area contributed by atoms with E-state index in [1.807, 2.05) is 32.8 Å². The lowest BCUT2D eigenvalue weighted by atomic mass is 9.93. The van der Waals surface area contributed by atoms with Gasteiger partial charge in [0, 0.05) is 18.7 Å². The van der Waals surface area contributed by atoms with Crippen LogP contribution >= 0.6 is 0 Å². The molecule has 21 heavy (non-hydrogen) atoms. The second-order valence-electron chi connectivity index (χ2n) is 6.31. The fourth-order valence-corrected chi connectivity index (χ4v) is 3.40. The lowest BCUT2D eigenvalue weighted by Gasteiger charge is -2.28. The predicted octanol–water partition coefficient (Wildman–Crippen LogP) is 1.76. The number of rotatable bonds is 7. The molecule has 0 bridgehead atoms. The number of nitrogens with one attached hydrogen (secondary N) is 1. The zero-order valence-electron chi connectivity index (χ0n) is 13.3. The Balaban J connectivity index is 2.80. The van der Waals surface area contributed by atoms with Crippen molar-refractivity contribution in [2.24, 2.45) is 5.41 Å². The van der Waals surface area contributed by atoms with E-state index in [1.165, 1.54) is 31.2 Å². The van der Waals surface area contributed by atoms with E-state index >= 15 is 0 Å². The average Bonchev–Trinajstić information content (AvgIpc) is 2.35. The molecule has 0 aromatic heterocycles. The standard InChI is InChI=1S/C15H24N2O3S/c1-12(18)13-6-8-14(9-7-13)21(19,20)16-10-15(2,3)11-17(4)5/h6-9,16H,10-11H2,1-5H3. The first kappa shape index (κ1) is 17.8. The van der Waals surface area contributed by atoms with Crippen LogP contribution in [0.1, 0.15) is 31.1 Å². The molecule has 0 aliphatic rings. The second kappa shape index (κ2) is 6.68. The van der Waals surface area contributed by atoms with Crippen molar-refractivity contribution >= 4 is 15.8 Å². The van der Waals surface area contributed by atoms with Crippen LogP contribution in [-0.2, 0) is 10.0 Å². The van der Waals surface area contributed by atoms with Gasteiger partial charge in [-0.15, -0.1) is 0 Å². The third kappa shape index (κ3) is 5.57. The number of ketones is 1. The highest BCUT2D eigenvalue weighted by molar-refractivity contribution is 7.89. The summed E-state index contributed by atoms with van der Waals surface area (Å²) in [6.45, 7) is 6.59. The number of nitrogens with zero attached hydrogens (tertiary/aromatic N) is 1. The van der Waals surface area contributed by atoms with Gasteiger partial charge in [-0.05, 0) is 38.6 Å². The molecule has 1 aromatic carbocycles. The molecule has 118 valence electrons. The zero-order valence-corrected chi connectivity index (χ0v) is 14.1. The number of hydrogen-bond acceptors (Lipinski definition) is 4. The van der Waals surface area contributed by atoms with E-state index in [9.17, 15) is 13.2 Å². The van der Waals surface area contributed by atoms with Crippen LogP contribution < -0.4 is 4.72 Å². The van der Waals surface area contributed by atoms with Crippen molar-refractivity contribution in [2.45, 2.75) is 25.7 Å². The van der Waals surface area contributed by atoms with Gasteiger partial charge in [0.1, 0.15) is 0 Å². The molecule has 0 amide bonds. The van der Waals surface area contributed by atoms with E-state index in [4.69, 9.17) is 0 Å². The summed E-state index contributed by atoms with van der Waals surface area (Å²) in [5.41, 5.74) is 0.331. The van der Waals surface area contributed by atoms with E-state index in [1.54, 1.807) is 0 Å². The molecule has 0 aliphatic heterocycles. The van der Waals surface area contributed by atoms with Gasteiger partial charge in [0.2, 0.25) is 10.0 Å². The van der Waals surface area contributed by atoms with Gasteiger partial charge in [-0.25, -0.2) is 13.1 Å². The number of Topliss-reactive ketones (excluding diaryl/α,β-unsaturated/α-hetero) is 1. The third-order valence-electron chi connectivity index (χ3n) is 3.06. The van der Waals surface area contributed by atoms with Gasteiger partial charge in [0.25, 0.3) is 0 Å². The van der Waals surface area contributed by atoms with Crippen LogP contribution in [-0.4, -0.2) is 46.3 Å². The van der Waals surface area contributed by atoms with Crippen molar-refractivity contribution in [3.63, 3.8) is 0 Å². The lowest BCUT2D eigenvalue weighted by molar-refractivity contribution is 0.101. The Morgan fingerprint density at radius 3 is 2.14 bits per heavy atom. The summed E-state index contributed by atoms with van der Waals surface area (Å²) in [6, 6.07) is 5.97.